The van der Waals surface area contributed by atoms with Crippen LogP contribution in [0.5, 0.6) is 0 Å². The molecule has 2 amide bonds. The van der Waals surface area contributed by atoms with Crippen molar-refractivity contribution in [3.05, 3.63) is 101 Å². The Kier molecular flexibility index (Phi) is 8.21. The van der Waals surface area contributed by atoms with Crippen LogP contribution in [0.25, 0.3) is 5.57 Å². The fourth-order valence-corrected chi connectivity index (χ4v) is 5.03. The molecule has 0 radical (unpaired) electrons. The van der Waals surface area contributed by atoms with E-state index in [-0.39, 0.29) is 6.42 Å². The fraction of sp³-hybridized carbons (Fsp3) is 0.258. The first-order chi connectivity index (χ1) is 19.7. The number of hydrogen-bond acceptors (Lipinski definition) is 5. The molecule has 2 aromatic carbocycles. The summed E-state index contributed by atoms with van der Waals surface area (Å²) >= 11 is 0. The highest BCUT2D eigenvalue weighted by Crippen LogP contribution is 2.33. The second-order valence-corrected chi connectivity index (χ2v) is 10.00. The van der Waals surface area contributed by atoms with Gasteiger partial charge in [-0.2, -0.15) is 13.2 Å². The average Bonchev–Trinajstić information content (AvgIpc) is 2.96. The maximum atomic E-state index is 13.2. The Labute approximate surface area is 235 Å². The number of aromatic nitrogens is 1. The second kappa shape index (κ2) is 12.0. The summed E-state index contributed by atoms with van der Waals surface area (Å²) in [6, 6.07) is 13.7. The van der Waals surface area contributed by atoms with Crippen molar-refractivity contribution >= 4 is 34.6 Å². The molecule has 212 valence electrons. The number of halogens is 3. The number of benzene rings is 2. The summed E-state index contributed by atoms with van der Waals surface area (Å²) in [6.07, 6.45) is 3.93. The fourth-order valence-electron chi connectivity index (χ4n) is 5.03. The minimum Gasteiger partial charge on any atom is -0.383 e. The van der Waals surface area contributed by atoms with Crippen LogP contribution in [0, 0.1) is 0 Å². The van der Waals surface area contributed by atoms with Gasteiger partial charge in [0.15, 0.2) is 0 Å². The number of piperidine rings is 1. The lowest BCUT2D eigenvalue weighted by atomic mass is 9.96. The number of anilines is 3. The smallest absolute Gasteiger partial charge is 0.383 e. The van der Waals surface area contributed by atoms with E-state index < -0.39 is 29.7 Å². The number of nitrogens with zero attached hydrogens (tertiary/aromatic N) is 2. The van der Waals surface area contributed by atoms with E-state index in [0.717, 1.165) is 49.4 Å². The lowest BCUT2D eigenvalue weighted by molar-refractivity contribution is -0.137. The van der Waals surface area contributed by atoms with Crippen LogP contribution in [0.15, 0.2) is 79.0 Å². The monoisotopic (exact) mass is 562 g/mol. The summed E-state index contributed by atoms with van der Waals surface area (Å²) in [7, 11) is 0. The number of carbonyl (C=O) groups is 2. The number of rotatable bonds is 6. The molecule has 1 saturated heterocycles. The van der Waals surface area contributed by atoms with E-state index in [2.05, 4.69) is 20.5 Å². The first-order valence-corrected chi connectivity index (χ1v) is 13.4. The Morgan fingerprint density at radius 1 is 1.05 bits per heavy atom. The van der Waals surface area contributed by atoms with Crippen molar-refractivity contribution in [2.75, 3.05) is 28.6 Å². The van der Waals surface area contributed by atoms with E-state index in [1.54, 1.807) is 36.5 Å². The van der Waals surface area contributed by atoms with Gasteiger partial charge >= 0.3 is 6.18 Å². The predicted molar refractivity (Wildman–Crippen MR) is 151 cm³/mol. The summed E-state index contributed by atoms with van der Waals surface area (Å²) in [5.41, 5.74) is 2.80. The molecule has 2 aliphatic rings. The molecule has 1 aromatic heterocycles. The van der Waals surface area contributed by atoms with E-state index in [9.17, 15) is 27.9 Å². The minimum atomic E-state index is -4.45. The summed E-state index contributed by atoms with van der Waals surface area (Å²) in [5.74, 6) is -0.150. The summed E-state index contributed by atoms with van der Waals surface area (Å²) < 4.78 is 39.6. The van der Waals surface area contributed by atoms with Gasteiger partial charge in [-0.15, -0.1) is 0 Å². The third-order valence-electron chi connectivity index (χ3n) is 7.16. The maximum Gasteiger partial charge on any atom is 0.416 e. The van der Waals surface area contributed by atoms with E-state index in [0.29, 0.717) is 28.1 Å². The van der Waals surface area contributed by atoms with E-state index in [4.69, 9.17) is 0 Å². The second-order valence-electron chi connectivity index (χ2n) is 10.00. The van der Waals surface area contributed by atoms with Crippen LogP contribution < -0.4 is 15.5 Å². The number of nitrogens with one attached hydrogen (secondary N) is 2. The average molecular weight is 563 g/mol. The Balaban J connectivity index is 1.42. The standard InChI is InChI=1S/C31H29F3N4O3/c32-31(33,34)22-12-10-20(11-13-22)23(21-14-15-35-28(18-21)38-16-2-1-3-17-38)6-4-9-29(40)36-25-7-5-8-26-24(25)19-27(39)30(41)37-26/h4-15,18,27,39H,1-3,16-17,19H2,(H,36,40)(H,37,41)/b9-4+,23-6-. The molecule has 0 aliphatic carbocycles. The highest BCUT2D eigenvalue weighted by Gasteiger charge is 2.30. The number of amides is 2. The Bertz CT molecular complexity index is 1490. The number of aliphatic hydroxyl groups is 1. The highest BCUT2D eigenvalue weighted by molar-refractivity contribution is 6.03. The lowest BCUT2D eigenvalue weighted by Gasteiger charge is -2.28. The first kappa shape index (κ1) is 28.1. The van der Waals surface area contributed by atoms with Gasteiger partial charge in [0.2, 0.25) is 5.91 Å². The Hall–Kier alpha value is -4.44. The van der Waals surface area contributed by atoms with Crippen LogP contribution in [-0.2, 0) is 22.2 Å². The number of hydrogen-bond donors (Lipinski definition) is 3. The van der Waals surface area contributed by atoms with Crippen LogP contribution in [0.4, 0.5) is 30.4 Å². The van der Waals surface area contributed by atoms with Gasteiger partial charge in [-0.05, 0) is 72.4 Å². The number of alkyl halides is 3. The molecule has 41 heavy (non-hydrogen) atoms. The molecule has 3 aromatic rings. The molecule has 10 heteroatoms. The zero-order chi connectivity index (χ0) is 29.0. The van der Waals surface area contributed by atoms with Crippen LogP contribution in [0.3, 0.4) is 0 Å². The van der Waals surface area contributed by atoms with Crippen molar-refractivity contribution in [2.45, 2.75) is 38.0 Å². The van der Waals surface area contributed by atoms with Crippen molar-refractivity contribution in [3.8, 4) is 0 Å². The van der Waals surface area contributed by atoms with Crippen molar-refractivity contribution in [1.82, 2.24) is 4.98 Å². The number of allylic oxidation sites excluding steroid dienone is 2. The highest BCUT2D eigenvalue weighted by atomic mass is 19.4. The molecule has 0 saturated carbocycles. The van der Waals surface area contributed by atoms with Crippen LogP contribution in [0.1, 0.15) is 41.5 Å². The number of aliphatic hydroxyl groups excluding tert-OH is 1. The molecule has 1 fully saturated rings. The quantitative estimate of drug-likeness (QED) is 0.270. The zero-order valence-corrected chi connectivity index (χ0v) is 22.1. The largest absolute Gasteiger partial charge is 0.416 e. The molecule has 1 unspecified atom stereocenters. The Morgan fingerprint density at radius 2 is 1.80 bits per heavy atom. The summed E-state index contributed by atoms with van der Waals surface area (Å²) in [5, 5.41) is 15.3. The van der Waals surface area contributed by atoms with Crippen molar-refractivity contribution in [1.29, 1.82) is 0 Å². The summed E-state index contributed by atoms with van der Waals surface area (Å²) in [6.45, 7) is 1.78. The summed E-state index contributed by atoms with van der Waals surface area (Å²) in [4.78, 5) is 31.3. The molecule has 3 N–H and O–H groups in total. The molecule has 3 heterocycles. The van der Waals surface area contributed by atoms with Crippen LogP contribution >= 0.6 is 0 Å². The number of pyridine rings is 1. The molecular weight excluding hydrogens is 533 g/mol. The van der Waals surface area contributed by atoms with E-state index >= 15 is 0 Å². The third kappa shape index (κ3) is 6.66. The topological polar surface area (TPSA) is 94.6 Å². The molecular formula is C31H29F3N4O3. The van der Waals surface area contributed by atoms with Crippen LogP contribution in [-0.4, -0.2) is 41.1 Å². The van der Waals surface area contributed by atoms with Gasteiger partial charge in [0.1, 0.15) is 11.9 Å². The van der Waals surface area contributed by atoms with Gasteiger partial charge in [0.25, 0.3) is 5.91 Å². The molecule has 0 bridgehead atoms. The van der Waals surface area contributed by atoms with E-state index in [1.807, 2.05) is 6.07 Å². The van der Waals surface area contributed by atoms with Crippen molar-refractivity contribution in [2.24, 2.45) is 0 Å². The SMILES string of the molecule is O=C(/C=C/C=C(/c1ccc(C(F)(F)F)cc1)c1ccnc(N2CCCCC2)c1)Nc1cccc2c1CC(O)C(=O)N2. The lowest BCUT2D eigenvalue weighted by Crippen LogP contribution is -2.34. The Morgan fingerprint density at radius 3 is 2.54 bits per heavy atom. The number of carbonyl (C=O) groups excluding carboxylic acids is 2. The van der Waals surface area contributed by atoms with Gasteiger partial charge < -0.3 is 20.6 Å². The predicted octanol–water partition coefficient (Wildman–Crippen LogP) is 5.57. The zero-order valence-electron chi connectivity index (χ0n) is 22.1. The van der Waals surface area contributed by atoms with Crippen molar-refractivity contribution in [3.63, 3.8) is 0 Å². The molecule has 7 nitrogen and oxygen atoms in total. The van der Waals surface area contributed by atoms with Gasteiger partial charge in [-0.25, -0.2) is 4.98 Å². The number of fused-ring (bicyclic) bond motifs is 1. The molecule has 5 rings (SSSR count). The van der Waals surface area contributed by atoms with Crippen LogP contribution in [0.2, 0.25) is 0 Å². The van der Waals surface area contributed by atoms with Gasteiger partial charge in [-0.1, -0.05) is 30.4 Å². The molecule has 0 spiro atoms. The first-order valence-electron chi connectivity index (χ1n) is 13.4. The van der Waals surface area contributed by atoms with Gasteiger partial charge in [0, 0.05) is 48.7 Å². The van der Waals surface area contributed by atoms with Gasteiger partial charge in [-0.3, -0.25) is 9.59 Å². The van der Waals surface area contributed by atoms with Crippen molar-refractivity contribution < 1.29 is 27.9 Å². The molecule has 2 aliphatic heterocycles. The normalized spacial score (nSPS) is 17.8. The van der Waals surface area contributed by atoms with Gasteiger partial charge in [0.05, 0.1) is 5.56 Å². The molecule has 1 atom stereocenters. The third-order valence-corrected chi connectivity index (χ3v) is 7.16. The minimum absolute atomic E-state index is 0.0701. The van der Waals surface area contributed by atoms with E-state index in [1.165, 1.54) is 30.7 Å². The maximum absolute atomic E-state index is 13.2.